The van der Waals surface area contributed by atoms with Crippen molar-refractivity contribution in [3.8, 4) is 34.5 Å². The number of phenols is 2. The second-order valence-electron chi connectivity index (χ2n) is 7.82. The van der Waals surface area contributed by atoms with E-state index >= 15 is 0 Å². The monoisotopic (exact) mass is 483 g/mol. The number of carbonyl (C=O) groups excluding carboxylic acids is 1. The second-order valence-corrected chi connectivity index (χ2v) is 7.82. The Bertz CT molecular complexity index is 1180. The molecule has 3 aromatic rings. The quantitative estimate of drug-likeness (QED) is 0.334. The molecule has 10 nitrogen and oxygen atoms in total. The number of aliphatic hydroxyl groups excluding tert-OH is 2. The number of fused-ring (bicyclic) bond motifs is 1. The minimum absolute atomic E-state index is 0.0399. The van der Waals surface area contributed by atoms with E-state index in [0.29, 0.717) is 34.8 Å². The van der Waals surface area contributed by atoms with E-state index in [2.05, 4.69) is 4.98 Å². The first-order valence-electron chi connectivity index (χ1n) is 10.8. The Morgan fingerprint density at radius 2 is 1.91 bits per heavy atom. The topological polar surface area (TPSA) is 148 Å². The minimum Gasteiger partial charge on any atom is -0.508 e. The molecular weight excluding hydrogens is 458 g/mol. The molecule has 4 N–H and O–H groups in total. The predicted octanol–water partition coefficient (Wildman–Crippen LogP) is 2.23. The van der Waals surface area contributed by atoms with Crippen molar-refractivity contribution in [2.24, 2.45) is 0 Å². The van der Waals surface area contributed by atoms with Gasteiger partial charge in [-0.05, 0) is 29.8 Å². The standard InChI is InChI=1S/C25H25NO9/c1-32-17-4-3-15(26-11-17)13-34-21-8-14(2-5-20(21)33-7-6-27)25-24(31)18(12-28)23-19(30)9-16(29)10-22(23)35-25/h2-5,8-12,18,24-25,27,29-31H,6-7,13H2,1H3. The van der Waals surface area contributed by atoms with Gasteiger partial charge in [-0.3, -0.25) is 4.98 Å². The van der Waals surface area contributed by atoms with Crippen molar-refractivity contribution < 1.29 is 44.2 Å². The summed E-state index contributed by atoms with van der Waals surface area (Å²) in [7, 11) is 1.54. The normalized spacial score (nSPS) is 18.8. The highest BCUT2D eigenvalue weighted by molar-refractivity contribution is 5.70. The molecule has 35 heavy (non-hydrogen) atoms. The molecule has 10 heteroatoms. The Hall–Kier alpha value is -4.02. The van der Waals surface area contributed by atoms with Gasteiger partial charge < -0.3 is 44.2 Å². The van der Waals surface area contributed by atoms with Crippen LogP contribution in [-0.4, -0.2) is 58.1 Å². The molecule has 4 rings (SSSR count). The fourth-order valence-corrected chi connectivity index (χ4v) is 3.87. The van der Waals surface area contributed by atoms with Crippen LogP contribution in [0, 0.1) is 0 Å². The van der Waals surface area contributed by atoms with Crippen LogP contribution in [0.1, 0.15) is 28.8 Å². The minimum atomic E-state index is -1.32. The van der Waals surface area contributed by atoms with Crippen LogP contribution in [0.4, 0.5) is 0 Å². The van der Waals surface area contributed by atoms with Crippen molar-refractivity contribution in [2.75, 3.05) is 20.3 Å². The highest BCUT2D eigenvalue weighted by atomic mass is 16.5. The Labute approximate surface area is 200 Å². The number of carbonyl (C=O) groups is 1. The van der Waals surface area contributed by atoms with Crippen LogP contribution in [0.5, 0.6) is 34.5 Å². The fraction of sp³-hybridized carbons (Fsp3) is 0.280. The van der Waals surface area contributed by atoms with Crippen molar-refractivity contribution in [3.05, 3.63) is 65.5 Å². The molecule has 0 aliphatic carbocycles. The third-order valence-electron chi connectivity index (χ3n) is 5.57. The first-order valence-corrected chi connectivity index (χ1v) is 10.8. The number of aliphatic hydroxyl groups is 2. The number of aldehydes is 1. The number of phenolic OH excluding ortho intramolecular Hbond substituents is 2. The van der Waals surface area contributed by atoms with Gasteiger partial charge in [0.2, 0.25) is 0 Å². The lowest BCUT2D eigenvalue weighted by atomic mass is 9.85. The molecule has 3 atom stereocenters. The summed E-state index contributed by atoms with van der Waals surface area (Å²) in [4.78, 5) is 16.1. The Morgan fingerprint density at radius 1 is 1.09 bits per heavy atom. The maximum absolute atomic E-state index is 11.8. The highest BCUT2D eigenvalue weighted by Crippen LogP contribution is 2.48. The van der Waals surface area contributed by atoms with Gasteiger partial charge in [0.05, 0.1) is 31.5 Å². The summed E-state index contributed by atoms with van der Waals surface area (Å²) < 4.78 is 22.5. The van der Waals surface area contributed by atoms with Gasteiger partial charge in [0, 0.05) is 17.7 Å². The molecule has 3 unspecified atom stereocenters. The zero-order valence-electron chi connectivity index (χ0n) is 18.8. The summed E-state index contributed by atoms with van der Waals surface area (Å²) in [6.07, 6.45) is -0.240. The van der Waals surface area contributed by atoms with E-state index in [-0.39, 0.29) is 42.6 Å². The Balaban J connectivity index is 1.65. The third kappa shape index (κ3) is 5.08. The van der Waals surface area contributed by atoms with Crippen LogP contribution in [0.2, 0.25) is 0 Å². The number of methoxy groups -OCH3 is 1. The van der Waals surface area contributed by atoms with E-state index in [1.54, 1.807) is 43.6 Å². The zero-order chi connectivity index (χ0) is 24.9. The lowest BCUT2D eigenvalue weighted by molar-refractivity contribution is -0.114. The molecule has 0 saturated carbocycles. The zero-order valence-corrected chi connectivity index (χ0v) is 18.8. The lowest BCUT2D eigenvalue weighted by Gasteiger charge is -2.35. The average Bonchev–Trinajstić information content (AvgIpc) is 2.86. The van der Waals surface area contributed by atoms with Crippen LogP contribution < -0.4 is 18.9 Å². The molecule has 0 spiro atoms. The molecule has 0 bridgehead atoms. The summed E-state index contributed by atoms with van der Waals surface area (Å²) in [5.74, 6) is -0.333. The van der Waals surface area contributed by atoms with Crippen LogP contribution in [0.25, 0.3) is 0 Å². The molecule has 1 aliphatic rings. The van der Waals surface area contributed by atoms with E-state index in [1.165, 1.54) is 6.07 Å². The van der Waals surface area contributed by atoms with Gasteiger partial charge in [-0.25, -0.2) is 0 Å². The SMILES string of the molecule is COc1ccc(COc2cc(C3Oc4cc(O)cc(O)c4C(C=O)C3O)ccc2OCCO)nc1. The van der Waals surface area contributed by atoms with Gasteiger partial charge in [-0.1, -0.05) is 6.07 Å². The summed E-state index contributed by atoms with van der Waals surface area (Å²) in [6, 6.07) is 10.7. The summed E-state index contributed by atoms with van der Waals surface area (Å²) in [5.41, 5.74) is 1.19. The summed E-state index contributed by atoms with van der Waals surface area (Å²) >= 11 is 0. The number of rotatable bonds is 9. The molecule has 0 fully saturated rings. The van der Waals surface area contributed by atoms with Gasteiger partial charge in [-0.2, -0.15) is 0 Å². The van der Waals surface area contributed by atoms with Gasteiger partial charge in [0.1, 0.15) is 48.6 Å². The van der Waals surface area contributed by atoms with Gasteiger partial charge in [-0.15, -0.1) is 0 Å². The van der Waals surface area contributed by atoms with Crippen LogP contribution in [-0.2, 0) is 11.4 Å². The fourth-order valence-electron chi connectivity index (χ4n) is 3.87. The number of benzene rings is 2. The van der Waals surface area contributed by atoms with Gasteiger partial charge >= 0.3 is 0 Å². The maximum Gasteiger partial charge on any atom is 0.162 e. The second kappa shape index (κ2) is 10.5. The van der Waals surface area contributed by atoms with Crippen molar-refractivity contribution in [2.45, 2.75) is 24.7 Å². The maximum atomic E-state index is 11.8. The largest absolute Gasteiger partial charge is 0.508 e. The van der Waals surface area contributed by atoms with Crippen molar-refractivity contribution >= 4 is 6.29 Å². The van der Waals surface area contributed by atoms with Gasteiger partial charge in [0.15, 0.2) is 17.6 Å². The number of aromatic hydroxyl groups is 2. The smallest absolute Gasteiger partial charge is 0.162 e. The molecule has 2 heterocycles. The highest BCUT2D eigenvalue weighted by Gasteiger charge is 2.40. The Kier molecular flexibility index (Phi) is 7.23. The lowest BCUT2D eigenvalue weighted by Crippen LogP contribution is -2.35. The summed E-state index contributed by atoms with van der Waals surface area (Å²) in [5, 5.41) is 40.1. The average molecular weight is 483 g/mol. The number of ether oxygens (including phenoxy) is 4. The molecule has 184 valence electrons. The van der Waals surface area contributed by atoms with E-state index in [0.717, 1.165) is 6.07 Å². The number of hydrogen-bond acceptors (Lipinski definition) is 10. The summed E-state index contributed by atoms with van der Waals surface area (Å²) in [6.45, 7) is -0.0623. The first-order chi connectivity index (χ1) is 16.9. The van der Waals surface area contributed by atoms with E-state index in [9.17, 15) is 20.1 Å². The molecule has 1 aliphatic heterocycles. The molecule has 0 amide bonds. The van der Waals surface area contributed by atoms with Gasteiger partial charge in [0.25, 0.3) is 0 Å². The predicted molar refractivity (Wildman–Crippen MR) is 122 cm³/mol. The Morgan fingerprint density at radius 3 is 2.60 bits per heavy atom. The van der Waals surface area contributed by atoms with E-state index in [1.807, 2.05) is 0 Å². The third-order valence-corrected chi connectivity index (χ3v) is 5.57. The molecule has 2 aromatic carbocycles. The van der Waals surface area contributed by atoms with Crippen LogP contribution in [0.15, 0.2) is 48.7 Å². The van der Waals surface area contributed by atoms with E-state index in [4.69, 9.17) is 24.1 Å². The number of aromatic nitrogens is 1. The molecule has 0 saturated heterocycles. The van der Waals surface area contributed by atoms with Crippen LogP contribution in [0.3, 0.4) is 0 Å². The number of pyridine rings is 1. The van der Waals surface area contributed by atoms with Crippen molar-refractivity contribution in [1.29, 1.82) is 0 Å². The van der Waals surface area contributed by atoms with Crippen molar-refractivity contribution in [1.82, 2.24) is 4.98 Å². The molecule has 0 radical (unpaired) electrons. The van der Waals surface area contributed by atoms with Crippen LogP contribution >= 0.6 is 0 Å². The number of nitrogens with zero attached hydrogens (tertiary/aromatic N) is 1. The first kappa shape index (κ1) is 24.1. The van der Waals surface area contributed by atoms with Crippen molar-refractivity contribution in [3.63, 3.8) is 0 Å². The number of hydrogen-bond donors (Lipinski definition) is 4. The molecule has 1 aromatic heterocycles. The van der Waals surface area contributed by atoms with E-state index < -0.39 is 18.1 Å². The molecular formula is C25H25NO9.